The Balaban J connectivity index is 1.46. The molecule has 0 radical (unpaired) electrons. The molecule has 3 fully saturated rings. The zero-order valence-corrected chi connectivity index (χ0v) is 13.4. The molecular formula is C16H19N3O2S. The van der Waals surface area contributed by atoms with Crippen molar-refractivity contribution in [2.45, 2.75) is 25.8 Å². The Kier molecular flexibility index (Phi) is 3.50. The van der Waals surface area contributed by atoms with E-state index < -0.39 is 0 Å². The van der Waals surface area contributed by atoms with Gasteiger partial charge in [0.15, 0.2) is 0 Å². The number of aromatic nitrogens is 1. The molecule has 0 aliphatic carbocycles. The summed E-state index contributed by atoms with van der Waals surface area (Å²) in [5.41, 5.74) is 0.849. The first-order valence-electron chi connectivity index (χ1n) is 7.74. The molecule has 1 unspecified atom stereocenters. The minimum atomic E-state index is 0.0262. The molecule has 1 N–H and O–H groups in total. The van der Waals surface area contributed by atoms with Crippen LogP contribution in [0.5, 0.6) is 0 Å². The molecule has 116 valence electrons. The lowest BCUT2D eigenvalue weighted by Gasteiger charge is -2.44. The molecule has 5 nitrogen and oxygen atoms in total. The zero-order chi connectivity index (χ0) is 15.1. The van der Waals surface area contributed by atoms with Gasteiger partial charge in [-0.15, -0.1) is 11.3 Å². The van der Waals surface area contributed by atoms with Crippen molar-refractivity contribution in [3.05, 3.63) is 29.0 Å². The van der Waals surface area contributed by atoms with Gasteiger partial charge in [-0.3, -0.25) is 4.79 Å². The van der Waals surface area contributed by atoms with Crippen LogP contribution >= 0.6 is 11.3 Å². The van der Waals surface area contributed by atoms with Crippen molar-refractivity contribution in [1.29, 1.82) is 0 Å². The largest absolute Gasteiger partial charge is 0.444 e. The Bertz CT molecular complexity index is 685. The fraction of sp³-hybridized carbons (Fsp3) is 0.500. The highest BCUT2D eigenvalue weighted by molar-refractivity contribution is 7.17. The Morgan fingerprint density at radius 1 is 1.41 bits per heavy atom. The number of hydrogen-bond donors (Lipinski definition) is 1. The third kappa shape index (κ3) is 2.57. The van der Waals surface area contributed by atoms with Gasteiger partial charge in [0.25, 0.3) is 5.91 Å². The predicted molar refractivity (Wildman–Crippen MR) is 85.0 cm³/mol. The Morgan fingerprint density at radius 2 is 2.23 bits per heavy atom. The van der Waals surface area contributed by atoms with E-state index in [1.807, 2.05) is 19.1 Å². The molecule has 1 amide bonds. The van der Waals surface area contributed by atoms with E-state index >= 15 is 0 Å². The highest BCUT2D eigenvalue weighted by Gasteiger charge is 2.35. The molecule has 3 aliphatic rings. The maximum atomic E-state index is 12.5. The molecule has 2 aromatic heterocycles. The number of oxazole rings is 1. The number of thiophene rings is 1. The normalized spacial score (nSPS) is 27.0. The molecule has 6 heteroatoms. The summed E-state index contributed by atoms with van der Waals surface area (Å²) in [5.74, 6) is 1.26. The van der Waals surface area contributed by atoms with E-state index in [4.69, 9.17) is 4.42 Å². The standard InChI is InChI=1S/C16H19N3O2S/c1-10-9-21-16(17-10)14-3-2-13(22-14)15(20)18-12-8-19-6-4-11(12)5-7-19/h2-3,9,11-12H,4-8H2,1H3,(H,18,20). The van der Waals surface area contributed by atoms with Gasteiger partial charge in [-0.05, 0) is 50.9 Å². The maximum absolute atomic E-state index is 12.5. The van der Waals surface area contributed by atoms with Crippen LogP contribution in [-0.2, 0) is 0 Å². The molecule has 2 aromatic rings. The third-order valence-electron chi connectivity index (χ3n) is 4.63. The lowest BCUT2D eigenvalue weighted by atomic mass is 9.84. The number of fused-ring (bicyclic) bond motifs is 3. The van der Waals surface area contributed by atoms with Crippen LogP contribution in [0, 0.1) is 12.8 Å². The highest BCUT2D eigenvalue weighted by Crippen LogP contribution is 2.30. The van der Waals surface area contributed by atoms with E-state index in [1.54, 1.807) is 6.26 Å². The number of rotatable bonds is 3. The number of nitrogens with one attached hydrogen (secondary N) is 1. The molecule has 5 heterocycles. The van der Waals surface area contributed by atoms with Crippen molar-refractivity contribution in [2.24, 2.45) is 5.92 Å². The number of amides is 1. The van der Waals surface area contributed by atoms with Gasteiger partial charge in [-0.25, -0.2) is 4.98 Å². The lowest BCUT2D eigenvalue weighted by molar-refractivity contribution is 0.0622. The summed E-state index contributed by atoms with van der Waals surface area (Å²) in [6, 6.07) is 4.06. The van der Waals surface area contributed by atoms with E-state index in [0.29, 0.717) is 17.9 Å². The zero-order valence-electron chi connectivity index (χ0n) is 12.5. The van der Waals surface area contributed by atoms with Gasteiger partial charge in [0.1, 0.15) is 6.26 Å². The molecule has 5 rings (SSSR count). The average Bonchev–Trinajstić information content (AvgIpc) is 3.17. The average molecular weight is 317 g/mol. The van der Waals surface area contributed by atoms with Crippen molar-refractivity contribution >= 4 is 17.2 Å². The van der Waals surface area contributed by atoms with Crippen molar-refractivity contribution in [3.8, 4) is 10.8 Å². The highest BCUT2D eigenvalue weighted by atomic mass is 32.1. The summed E-state index contributed by atoms with van der Waals surface area (Å²) >= 11 is 1.43. The summed E-state index contributed by atoms with van der Waals surface area (Å²) < 4.78 is 5.39. The van der Waals surface area contributed by atoms with Gasteiger partial charge in [0.2, 0.25) is 5.89 Å². The SMILES string of the molecule is Cc1coc(-c2ccc(C(=O)NC3CN4CCC3CC4)s2)n1. The monoisotopic (exact) mass is 317 g/mol. The summed E-state index contributed by atoms with van der Waals surface area (Å²) in [7, 11) is 0. The Hall–Kier alpha value is -1.66. The number of carbonyl (C=O) groups is 1. The Morgan fingerprint density at radius 3 is 2.86 bits per heavy atom. The van der Waals surface area contributed by atoms with Crippen molar-refractivity contribution in [2.75, 3.05) is 19.6 Å². The topological polar surface area (TPSA) is 58.4 Å². The van der Waals surface area contributed by atoms with Crippen molar-refractivity contribution in [3.63, 3.8) is 0 Å². The number of aryl methyl sites for hydroxylation is 1. The summed E-state index contributed by atoms with van der Waals surface area (Å²) in [4.78, 5) is 20.8. The van der Waals surface area contributed by atoms with Crippen LogP contribution in [0.4, 0.5) is 0 Å². The van der Waals surface area contributed by atoms with E-state index in [9.17, 15) is 4.79 Å². The first kappa shape index (κ1) is 14.0. The van der Waals surface area contributed by atoms with Crippen LogP contribution in [0.3, 0.4) is 0 Å². The van der Waals surface area contributed by atoms with Gasteiger partial charge in [-0.1, -0.05) is 0 Å². The second-order valence-electron chi connectivity index (χ2n) is 6.18. The first-order valence-corrected chi connectivity index (χ1v) is 8.56. The minimum absolute atomic E-state index is 0.0262. The quantitative estimate of drug-likeness (QED) is 0.945. The van der Waals surface area contributed by atoms with Crippen LogP contribution in [0.25, 0.3) is 10.8 Å². The minimum Gasteiger partial charge on any atom is -0.444 e. The number of nitrogens with zero attached hydrogens (tertiary/aromatic N) is 2. The molecule has 3 saturated heterocycles. The third-order valence-corrected chi connectivity index (χ3v) is 5.70. The smallest absolute Gasteiger partial charge is 0.261 e. The molecule has 3 aliphatic heterocycles. The molecule has 0 spiro atoms. The molecule has 0 aromatic carbocycles. The number of hydrogen-bond acceptors (Lipinski definition) is 5. The van der Waals surface area contributed by atoms with Gasteiger partial charge < -0.3 is 14.6 Å². The van der Waals surface area contributed by atoms with E-state index in [-0.39, 0.29) is 5.91 Å². The number of carbonyl (C=O) groups excluding carboxylic acids is 1. The molecular weight excluding hydrogens is 298 g/mol. The number of piperidine rings is 3. The Labute approximate surface area is 133 Å². The van der Waals surface area contributed by atoms with Crippen LogP contribution < -0.4 is 5.32 Å². The van der Waals surface area contributed by atoms with Crippen LogP contribution in [0.2, 0.25) is 0 Å². The fourth-order valence-electron chi connectivity index (χ4n) is 3.41. The van der Waals surface area contributed by atoms with Crippen molar-refractivity contribution < 1.29 is 9.21 Å². The van der Waals surface area contributed by atoms with Crippen LogP contribution in [0.1, 0.15) is 28.2 Å². The van der Waals surface area contributed by atoms with Gasteiger partial charge >= 0.3 is 0 Å². The summed E-state index contributed by atoms with van der Waals surface area (Å²) in [5, 5.41) is 3.22. The molecule has 1 atom stereocenters. The van der Waals surface area contributed by atoms with E-state index in [0.717, 1.165) is 22.0 Å². The van der Waals surface area contributed by atoms with Crippen LogP contribution in [0.15, 0.2) is 22.8 Å². The van der Waals surface area contributed by atoms with Gasteiger partial charge in [-0.2, -0.15) is 0 Å². The van der Waals surface area contributed by atoms with E-state index in [1.165, 1.54) is 37.3 Å². The first-order chi connectivity index (χ1) is 10.7. The molecule has 0 saturated carbocycles. The van der Waals surface area contributed by atoms with Crippen LogP contribution in [-0.4, -0.2) is 41.5 Å². The van der Waals surface area contributed by atoms with Crippen molar-refractivity contribution in [1.82, 2.24) is 15.2 Å². The van der Waals surface area contributed by atoms with Gasteiger partial charge in [0, 0.05) is 12.6 Å². The maximum Gasteiger partial charge on any atom is 0.261 e. The summed E-state index contributed by atoms with van der Waals surface area (Å²) in [6.07, 6.45) is 4.04. The predicted octanol–water partition coefficient (Wildman–Crippen LogP) is 2.54. The molecule has 22 heavy (non-hydrogen) atoms. The molecule has 2 bridgehead atoms. The fourth-order valence-corrected chi connectivity index (χ4v) is 4.25. The second-order valence-corrected chi connectivity index (χ2v) is 7.26. The van der Waals surface area contributed by atoms with E-state index in [2.05, 4.69) is 15.2 Å². The second kappa shape index (κ2) is 5.52. The van der Waals surface area contributed by atoms with Gasteiger partial charge in [0.05, 0.1) is 15.4 Å². The lowest BCUT2D eigenvalue weighted by Crippen LogP contribution is -2.57. The summed E-state index contributed by atoms with van der Waals surface area (Å²) in [6.45, 7) is 5.25.